The average molecular weight is 323 g/mol. The van der Waals surface area contributed by atoms with Crippen molar-refractivity contribution in [1.82, 2.24) is 9.55 Å². The Morgan fingerprint density at radius 2 is 2.09 bits per heavy atom. The molecule has 0 atom stereocenters. The number of hydrogen-bond acceptors (Lipinski definition) is 4. The molecular formula is C15H21N3O3S. The Morgan fingerprint density at radius 3 is 2.64 bits per heavy atom. The highest BCUT2D eigenvalue weighted by atomic mass is 32.2. The summed E-state index contributed by atoms with van der Waals surface area (Å²) in [5.74, 6) is 0. The minimum Gasteiger partial charge on any atom is -0.392 e. The highest BCUT2D eigenvalue weighted by molar-refractivity contribution is 7.92. The lowest BCUT2D eigenvalue weighted by Gasteiger charge is -2.22. The van der Waals surface area contributed by atoms with E-state index >= 15 is 0 Å². The molecule has 22 heavy (non-hydrogen) atoms. The van der Waals surface area contributed by atoms with Gasteiger partial charge in [0.05, 0.1) is 18.6 Å². The summed E-state index contributed by atoms with van der Waals surface area (Å²) in [5.41, 5.74) is 1.19. The predicted molar refractivity (Wildman–Crippen MR) is 85.2 cm³/mol. The normalized spacial score (nSPS) is 11.9. The van der Waals surface area contributed by atoms with E-state index in [1.165, 1.54) is 10.6 Å². The first-order chi connectivity index (χ1) is 10.4. The van der Waals surface area contributed by atoms with Crippen LogP contribution in [-0.2, 0) is 16.6 Å². The van der Waals surface area contributed by atoms with E-state index in [9.17, 15) is 13.5 Å². The van der Waals surface area contributed by atoms with Crippen LogP contribution in [0.5, 0.6) is 0 Å². The van der Waals surface area contributed by atoms with E-state index in [4.69, 9.17) is 0 Å². The Kier molecular flexibility index (Phi) is 4.87. The first-order valence-corrected chi connectivity index (χ1v) is 8.60. The molecule has 6 nitrogen and oxygen atoms in total. The zero-order valence-corrected chi connectivity index (χ0v) is 13.8. The van der Waals surface area contributed by atoms with Crippen molar-refractivity contribution in [2.75, 3.05) is 10.8 Å². The zero-order chi connectivity index (χ0) is 16.3. The Labute approximate surface area is 131 Å². The number of aliphatic hydroxyl groups is 1. The fourth-order valence-corrected chi connectivity index (χ4v) is 3.54. The van der Waals surface area contributed by atoms with Crippen molar-refractivity contribution in [3.05, 3.63) is 42.4 Å². The summed E-state index contributed by atoms with van der Waals surface area (Å²) < 4.78 is 28.6. The molecule has 0 saturated heterocycles. The smallest absolute Gasteiger partial charge is 0.283 e. The minimum absolute atomic E-state index is 0.0254. The van der Waals surface area contributed by atoms with Crippen molar-refractivity contribution in [3.63, 3.8) is 0 Å². The Morgan fingerprint density at radius 1 is 1.36 bits per heavy atom. The minimum atomic E-state index is -3.72. The molecule has 0 aliphatic carbocycles. The van der Waals surface area contributed by atoms with Crippen LogP contribution in [0, 0.1) is 0 Å². The monoisotopic (exact) mass is 323 g/mol. The van der Waals surface area contributed by atoms with Crippen molar-refractivity contribution in [3.8, 4) is 0 Å². The second-order valence-electron chi connectivity index (χ2n) is 5.25. The number of aromatic nitrogens is 2. The molecule has 1 N–H and O–H groups in total. The van der Waals surface area contributed by atoms with Crippen LogP contribution in [0.4, 0.5) is 5.69 Å². The van der Waals surface area contributed by atoms with Crippen LogP contribution in [0.25, 0.3) is 0 Å². The van der Waals surface area contributed by atoms with Crippen LogP contribution in [0.15, 0.2) is 41.8 Å². The molecule has 0 aliphatic rings. The van der Waals surface area contributed by atoms with Crippen molar-refractivity contribution in [2.45, 2.75) is 38.4 Å². The predicted octanol–water partition coefficient (Wildman–Crippen LogP) is 2.17. The Hall–Kier alpha value is -1.86. The van der Waals surface area contributed by atoms with Gasteiger partial charge in [-0.25, -0.2) is 4.98 Å². The van der Waals surface area contributed by atoms with Crippen molar-refractivity contribution < 1.29 is 13.5 Å². The number of rotatable bonds is 6. The number of sulfonamides is 1. The molecule has 0 bridgehead atoms. The molecule has 1 aromatic carbocycles. The molecule has 2 rings (SSSR count). The summed E-state index contributed by atoms with van der Waals surface area (Å²) in [6.45, 7) is 5.84. The Balaban J connectivity index is 2.43. The maximum atomic E-state index is 12.8. The van der Waals surface area contributed by atoms with Gasteiger partial charge >= 0.3 is 0 Å². The largest absolute Gasteiger partial charge is 0.392 e. The standard InChI is InChI=1S/C15H21N3O3S/c1-4-18(14-7-5-6-13(8-14)10-19)22(20,21)15-9-17(11-16-15)12(2)3/h5-9,11-12,19H,4,10H2,1-3H3. The number of imidazole rings is 1. The van der Waals surface area contributed by atoms with Crippen molar-refractivity contribution >= 4 is 15.7 Å². The second-order valence-corrected chi connectivity index (χ2v) is 7.06. The van der Waals surface area contributed by atoms with Gasteiger partial charge in [-0.2, -0.15) is 8.42 Å². The summed E-state index contributed by atoms with van der Waals surface area (Å²) in [4.78, 5) is 4.03. The van der Waals surface area contributed by atoms with Gasteiger partial charge in [-0.05, 0) is 38.5 Å². The average Bonchev–Trinajstić information content (AvgIpc) is 2.99. The molecule has 2 aromatic rings. The van der Waals surface area contributed by atoms with Gasteiger partial charge < -0.3 is 9.67 Å². The topological polar surface area (TPSA) is 75.4 Å². The summed E-state index contributed by atoms with van der Waals surface area (Å²) in [7, 11) is -3.72. The number of hydrogen-bond donors (Lipinski definition) is 1. The van der Waals surface area contributed by atoms with Crippen LogP contribution in [0.2, 0.25) is 0 Å². The number of anilines is 1. The van der Waals surface area contributed by atoms with Crippen LogP contribution >= 0.6 is 0 Å². The SMILES string of the molecule is CCN(c1cccc(CO)c1)S(=O)(=O)c1cn(C(C)C)cn1. The molecule has 1 aromatic heterocycles. The molecule has 120 valence electrons. The number of nitrogens with zero attached hydrogens (tertiary/aromatic N) is 3. The Bertz CT molecular complexity index is 738. The number of benzene rings is 1. The van der Waals surface area contributed by atoms with Gasteiger partial charge in [0.1, 0.15) is 0 Å². The summed E-state index contributed by atoms with van der Waals surface area (Å²) >= 11 is 0. The quantitative estimate of drug-likeness (QED) is 0.884. The van der Waals surface area contributed by atoms with E-state index in [-0.39, 0.29) is 24.2 Å². The van der Waals surface area contributed by atoms with Crippen LogP contribution in [0.3, 0.4) is 0 Å². The van der Waals surface area contributed by atoms with E-state index < -0.39 is 10.0 Å². The maximum absolute atomic E-state index is 12.8. The molecule has 0 aliphatic heterocycles. The van der Waals surface area contributed by atoms with Crippen molar-refractivity contribution in [2.24, 2.45) is 0 Å². The highest BCUT2D eigenvalue weighted by Gasteiger charge is 2.26. The van der Waals surface area contributed by atoms with E-state index in [0.717, 1.165) is 0 Å². The fraction of sp³-hybridized carbons (Fsp3) is 0.400. The molecule has 0 radical (unpaired) electrons. The molecule has 0 saturated carbocycles. The third-order valence-electron chi connectivity index (χ3n) is 3.40. The lowest BCUT2D eigenvalue weighted by Crippen LogP contribution is -2.31. The maximum Gasteiger partial charge on any atom is 0.283 e. The van der Waals surface area contributed by atoms with Gasteiger partial charge in [0.25, 0.3) is 10.0 Å². The first-order valence-electron chi connectivity index (χ1n) is 7.16. The summed E-state index contributed by atoms with van der Waals surface area (Å²) in [6, 6.07) is 6.99. The van der Waals surface area contributed by atoms with Crippen LogP contribution in [0.1, 0.15) is 32.4 Å². The molecule has 7 heteroatoms. The molecule has 1 heterocycles. The summed E-state index contributed by atoms with van der Waals surface area (Å²) in [6.07, 6.45) is 3.06. The fourth-order valence-electron chi connectivity index (χ4n) is 2.15. The molecule has 0 amide bonds. The third kappa shape index (κ3) is 3.15. The lowest BCUT2D eigenvalue weighted by molar-refractivity contribution is 0.282. The molecular weight excluding hydrogens is 302 g/mol. The van der Waals surface area contributed by atoms with E-state index in [1.54, 1.807) is 42.0 Å². The molecule has 0 fully saturated rings. The highest BCUT2D eigenvalue weighted by Crippen LogP contribution is 2.24. The van der Waals surface area contributed by atoms with Crippen LogP contribution in [-0.4, -0.2) is 29.6 Å². The molecule has 0 spiro atoms. The first kappa shape index (κ1) is 16.5. The number of aliphatic hydroxyl groups excluding tert-OH is 1. The van der Waals surface area contributed by atoms with Gasteiger partial charge in [0.2, 0.25) is 0 Å². The van der Waals surface area contributed by atoms with Gasteiger partial charge in [-0.3, -0.25) is 4.31 Å². The van der Waals surface area contributed by atoms with Gasteiger partial charge in [0, 0.05) is 18.8 Å². The van der Waals surface area contributed by atoms with Crippen molar-refractivity contribution in [1.29, 1.82) is 0 Å². The van der Waals surface area contributed by atoms with Gasteiger partial charge in [-0.15, -0.1) is 0 Å². The summed E-state index contributed by atoms with van der Waals surface area (Å²) in [5, 5.41) is 9.24. The molecule has 0 unspecified atom stereocenters. The second kappa shape index (κ2) is 6.50. The van der Waals surface area contributed by atoms with Gasteiger partial charge in [-0.1, -0.05) is 12.1 Å². The zero-order valence-electron chi connectivity index (χ0n) is 13.0. The van der Waals surface area contributed by atoms with Crippen LogP contribution < -0.4 is 4.31 Å². The third-order valence-corrected chi connectivity index (χ3v) is 5.19. The van der Waals surface area contributed by atoms with E-state index in [1.807, 2.05) is 13.8 Å². The van der Waals surface area contributed by atoms with E-state index in [0.29, 0.717) is 11.3 Å². The van der Waals surface area contributed by atoms with Gasteiger partial charge in [0.15, 0.2) is 5.03 Å². The van der Waals surface area contributed by atoms with E-state index in [2.05, 4.69) is 4.98 Å². The lowest BCUT2D eigenvalue weighted by atomic mass is 10.2.